The molecule has 0 amide bonds. The van der Waals surface area contributed by atoms with Crippen LogP contribution in [0.4, 0.5) is 22.7 Å². The molecule has 0 spiro atoms. The smallest absolute Gasteiger partial charge is 0.744 e. The van der Waals surface area contributed by atoms with Crippen LogP contribution in [0.25, 0.3) is 10.8 Å². The van der Waals surface area contributed by atoms with Crippen molar-refractivity contribution in [1.29, 1.82) is 0 Å². The average molecular weight is 659 g/mol. The molecule has 4 rings (SSSR count). The minimum Gasteiger partial charge on any atom is -0.744 e. The summed E-state index contributed by atoms with van der Waals surface area (Å²) in [4.78, 5) is -2.44. The molecular formula is C22H13N4Na3O10S3. The average Bonchev–Trinajstić information content (AvgIpc) is 2.85. The summed E-state index contributed by atoms with van der Waals surface area (Å²) in [7, 11) is -15.0. The maximum absolute atomic E-state index is 11.9. The van der Waals surface area contributed by atoms with Crippen LogP contribution in [-0.2, 0) is 30.4 Å². The Morgan fingerprint density at radius 1 is 0.524 bits per heavy atom. The summed E-state index contributed by atoms with van der Waals surface area (Å²) in [5.74, 6) is -0.574. The first-order valence-corrected chi connectivity index (χ1v) is 14.6. The van der Waals surface area contributed by atoms with E-state index >= 15 is 0 Å². The Morgan fingerprint density at radius 2 is 0.952 bits per heavy atom. The zero-order chi connectivity index (χ0) is 28.6. The van der Waals surface area contributed by atoms with Gasteiger partial charge in [-0.3, -0.25) is 0 Å². The minimum absolute atomic E-state index is 0. The van der Waals surface area contributed by atoms with Gasteiger partial charge in [-0.25, -0.2) is 25.3 Å². The molecule has 14 nitrogen and oxygen atoms in total. The van der Waals surface area contributed by atoms with E-state index in [1.807, 2.05) is 0 Å². The Balaban J connectivity index is 0.00000294. The normalized spacial score (nSPS) is 12.1. The molecule has 1 N–H and O–H groups in total. The Labute approximate surface area is 306 Å². The molecule has 0 fully saturated rings. The predicted molar refractivity (Wildman–Crippen MR) is 131 cm³/mol. The summed E-state index contributed by atoms with van der Waals surface area (Å²) in [5.41, 5.74) is 0.355. The van der Waals surface area contributed by atoms with Gasteiger partial charge in [0.15, 0.2) is 0 Å². The van der Waals surface area contributed by atoms with Gasteiger partial charge in [0, 0.05) is 5.39 Å². The SMILES string of the molecule is O=S(=O)([O-])c1ccc(N=Nc2ccc(N=Nc3c(O)ccc4cc(S(=O)(=O)[O-])cc(S(=O)(=O)[O-])c34)cc2)cc1.[Na+].[Na+].[Na+]. The molecule has 0 atom stereocenters. The second kappa shape index (κ2) is 15.2. The Morgan fingerprint density at radius 3 is 1.38 bits per heavy atom. The first-order valence-electron chi connectivity index (χ1n) is 10.3. The number of aromatic hydroxyl groups is 1. The molecule has 20 heteroatoms. The van der Waals surface area contributed by atoms with Crippen LogP contribution < -0.4 is 88.7 Å². The van der Waals surface area contributed by atoms with Crippen molar-refractivity contribution in [3.8, 4) is 5.75 Å². The largest absolute Gasteiger partial charge is 1.00 e. The molecule has 0 aliphatic heterocycles. The Hall–Kier alpha value is -1.13. The van der Waals surface area contributed by atoms with Crippen LogP contribution >= 0.6 is 0 Å². The fourth-order valence-electron chi connectivity index (χ4n) is 3.30. The van der Waals surface area contributed by atoms with Crippen molar-refractivity contribution in [3.63, 3.8) is 0 Å². The number of benzene rings is 4. The molecule has 0 saturated carbocycles. The number of nitrogens with zero attached hydrogens (tertiary/aromatic N) is 4. The minimum atomic E-state index is -5.31. The molecule has 0 aromatic heterocycles. The van der Waals surface area contributed by atoms with E-state index in [2.05, 4.69) is 20.5 Å². The fourth-order valence-corrected chi connectivity index (χ4v) is 5.12. The zero-order valence-corrected chi connectivity index (χ0v) is 30.5. The third kappa shape index (κ3) is 9.68. The number of fused-ring (bicyclic) bond motifs is 1. The molecule has 0 aliphatic rings. The summed E-state index contributed by atoms with van der Waals surface area (Å²) in [6.45, 7) is 0. The topological polar surface area (TPSA) is 241 Å². The van der Waals surface area contributed by atoms with Gasteiger partial charge in [0.1, 0.15) is 41.8 Å². The molecule has 202 valence electrons. The van der Waals surface area contributed by atoms with E-state index in [9.17, 15) is 44.0 Å². The third-order valence-electron chi connectivity index (χ3n) is 5.09. The first kappa shape index (κ1) is 38.9. The molecule has 0 aliphatic carbocycles. The van der Waals surface area contributed by atoms with Gasteiger partial charge in [-0.05, 0) is 72.1 Å². The monoisotopic (exact) mass is 658 g/mol. The molecule has 0 saturated heterocycles. The van der Waals surface area contributed by atoms with E-state index in [1.165, 1.54) is 36.4 Å². The summed E-state index contributed by atoms with van der Waals surface area (Å²) < 4.78 is 103. The van der Waals surface area contributed by atoms with Gasteiger partial charge >= 0.3 is 88.7 Å². The maximum Gasteiger partial charge on any atom is 1.00 e. The predicted octanol–water partition coefficient (Wildman–Crippen LogP) is -4.90. The molecular weight excluding hydrogens is 645 g/mol. The molecule has 0 radical (unpaired) electrons. The van der Waals surface area contributed by atoms with Gasteiger partial charge in [-0.2, -0.15) is 15.3 Å². The van der Waals surface area contributed by atoms with Gasteiger partial charge in [-0.15, -0.1) is 5.11 Å². The number of rotatable bonds is 7. The Kier molecular flexibility index (Phi) is 14.1. The summed E-state index contributed by atoms with van der Waals surface area (Å²) in [6, 6.07) is 14.0. The summed E-state index contributed by atoms with van der Waals surface area (Å²) in [6.07, 6.45) is 0. The third-order valence-corrected chi connectivity index (χ3v) is 7.61. The van der Waals surface area contributed by atoms with Crippen molar-refractivity contribution in [2.75, 3.05) is 0 Å². The van der Waals surface area contributed by atoms with Crippen molar-refractivity contribution in [3.05, 3.63) is 72.8 Å². The standard InChI is InChI=1S/C22H16N4O10S3.3Na/c27-19-10-1-13-11-18(38(31,32)33)12-20(39(34,35)36)21(13)22(19)26-25-15-4-2-14(3-5-15)23-24-16-6-8-17(9-7-16)37(28,29)30;;;/h1-12,27H,(H,28,29,30)(H,31,32,33)(H,34,35,36);;;/q;3*+1/p-3. The van der Waals surface area contributed by atoms with E-state index in [0.29, 0.717) is 11.8 Å². The summed E-state index contributed by atoms with van der Waals surface area (Å²) in [5, 5.41) is 25.3. The van der Waals surface area contributed by atoms with Crippen LogP contribution in [0.2, 0.25) is 0 Å². The fraction of sp³-hybridized carbons (Fsp3) is 0. The van der Waals surface area contributed by atoms with Gasteiger partial charge < -0.3 is 18.8 Å². The van der Waals surface area contributed by atoms with Crippen LogP contribution in [0.15, 0.2) is 108 Å². The molecule has 0 bridgehead atoms. The molecule has 42 heavy (non-hydrogen) atoms. The van der Waals surface area contributed by atoms with E-state index < -0.39 is 61.9 Å². The molecule has 4 aromatic carbocycles. The van der Waals surface area contributed by atoms with Crippen LogP contribution in [0.5, 0.6) is 5.75 Å². The number of azo groups is 2. The number of hydrogen-bond donors (Lipinski definition) is 1. The molecule has 0 heterocycles. The van der Waals surface area contributed by atoms with Crippen LogP contribution in [0, 0.1) is 0 Å². The van der Waals surface area contributed by atoms with Gasteiger partial charge in [0.2, 0.25) is 0 Å². The van der Waals surface area contributed by atoms with Gasteiger partial charge in [0.25, 0.3) is 0 Å². The second-order valence-corrected chi connectivity index (χ2v) is 11.8. The first-order chi connectivity index (χ1) is 18.1. The number of phenols is 1. The maximum atomic E-state index is 11.9. The van der Waals surface area contributed by atoms with Gasteiger partial charge in [-0.1, -0.05) is 6.07 Å². The van der Waals surface area contributed by atoms with E-state index in [4.69, 9.17) is 0 Å². The van der Waals surface area contributed by atoms with Crippen molar-refractivity contribution < 1.29 is 133 Å². The van der Waals surface area contributed by atoms with Crippen molar-refractivity contribution in [2.24, 2.45) is 20.5 Å². The number of hydrogen-bond acceptors (Lipinski definition) is 14. The molecule has 4 aromatic rings. The summed E-state index contributed by atoms with van der Waals surface area (Å²) >= 11 is 0. The second-order valence-electron chi connectivity index (χ2n) is 7.73. The Bertz CT molecular complexity index is 1990. The van der Waals surface area contributed by atoms with Crippen molar-refractivity contribution >= 4 is 63.9 Å². The van der Waals surface area contributed by atoms with Crippen molar-refractivity contribution in [2.45, 2.75) is 14.7 Å². The number of phenolic OH excluding ortho intramolecular Hbond substituents is 1. The van der Waals surface area contributed by atoms with E-state index in [0.717, 1.165) is 30.3 Å². The van der Waals surface area contributed by atoms with Crippen molar-refractivity contribution in [1.82, 2.24) is 0 Å². The van der Waals surface area contributed by atoms with Crippen LogP contribution in [-0.4, -0.2) is 44.0 Å². The zero-order valence-electron chi connectivity index (χ0n) is 22.1. The molecule has 0 unspecified atom stereocenters. The van der Waals surface area contributed by atoms with Crippen LogP contribution in [0.3, 0.4) is 0 Å². The van der Waals surface area contributed by atoms with Crippen LogP contribution in [0.1, 0.15) is 0 Å². The van der Waals surface area contributed by atoms with E-state index in [-0.39, 0.29) is 105 Å². The quantitative estimate of drug-likeness (QED) is 0.113. The van der Waals surface area contributed by atoms with E-state index in [1.54, 1.807) is 0 Å². The van der Waals surface area contributed by atoms with Gasteiger partial charge in [0.05, 0.1) is 31.7 Å².